The molecule has 11 N–H and O–H groups in total. The molecule has 4 aromatic rings. The molecule has 0 saturated heterocycles. The minimum Gasteiger partial charge on any atom is -0.466 e. The fourth-order valence-corrected chi connectivity index (χ4v) is 4.79. The molecule has 0 atom stereocenters. The summed E-state index contributed by atoms with van der Waals surface area (Å²) in [5, 5.41) is 3.35. The van der Waals surface area contributed by atoms with E-state index >= 15 is 0 Å². The van der Waals surface area contributed by atoms with Gasteiger partial charge in [0.2, 0.25) is 0 Å². The van der Waals surface area contributed by atoms with Gasteiger partial charge in [0.15, 0.2) is 0 Å². The number of amidine groups is 1. The van der Waals surface area contributed by atoms with Crippen LogP contribution in [-0.2, 0) is 27.9 Å². The molecule has 0 aliphatic carbocycles. The molecule has 0 radical (unpaired) electrons. The number of hydrogen-bond acceptors (Lipinski definition) is 8. The van der Waals surface area contributed by atoms with E-state index in [0.29, 0.717) is 35.6 Å². The zero-order valence-electron chi connectivity index (χ0n) is 28.6. The number of ether oxygens (including phenoxy) is 2. The number of nitrogens with two attached hydrogens (primary N) is 1. The van der Waals surface area contributed by atoms with E-state index in [1.807, 2.05) is 29.8 Å². The Morgan fingerprint density at radius 2 is 1.64 bits per heavy atom. The third-order valence-electron chi connectivity index (χ3n) is 7.30. The maximum atomic E-state index is 13.6. The monoisotopic (exact) mass is 699 g/mol. The van der Waals surface area contributed by atoms with Gasteiger partial charge >= 0.3 is 12.1 Å². The molecule has 2 aromatic carbocycles. The van der Waals surface area contributed by atoms with E-state index in [9.17, 15) is 14.4 Å². The number of aliphatic imine (C=N–C) groups is 1. The van der Waals surface area contributed by atoms with Crippen LogP contribution >= 0.6 is 0 Å². The maximum absolute atomic E-state index is 13.6. The van der Waals surface area contributed by atoms with Gasteiger partial charge in [-0.2, -0.15) is 4.99 Å². The van der Waals surface area contributed by atoms with Crippen LogP contribution in [0.3, 0.4) is 0 Å². The average Bonchev–Trinajstić information content (AvgIpc) is 3.38. The number of aromatic nitrogens is 3. The van der Waals surface area contributed by atoms with Crippen LogP contribution in [0.2, 0.25) is 0 Å². The number of imidazole rings is 1. The Labute approximate surface area is 290 Å². The maximum Gasteiger partial charge on any atom is 0.435 e. The Morgan fingerprint density at radius 3 is 2.30 bits per heavy atom. The molecule has 2 heterocycles. The number of carbonyl (C=O) groups excluding carboxylic acids is 3. The molecule has 4 rings (SSSR count). The lowest BCUT2D eigenvalue weighted by Crippen LogP contribution is -2.34. The highest BCUT2D eigenvalue weighted by Crippen LogP contribution is 2.21. The van der Waals surface area contributed by atoms with Crippen LogP contribution in [0.25, 0.3) is 11.0 Å². The molecular weight excluding hydrogens is 650 g/mol. The van der Waals surface area contributed by atoms with Crippen LogP contribution in [0.15, 0.2) is 71.9 Å². The van der Waals surface area contributed by atoms with Crippen LogP contribution in [0.4, 0.5) is 16.3 Å². The number of hydrogen-bond donors (Lipinski definition) is 2. The van der Waals surface area contributed by atoms with Crippen molar-refractivity contribution in [3.05, 3.63) is 83.8 Å². The topological polar surface area (TPSA) is 280 Å². The highest BCUT2D eigenvalue weighted by molar-refractivity contribution is 6.07. The number of pyridine rings is 1. The lowest BCUT2D eigenvalue weighted by molar-refractivity contribution is -0.142. The zero-order valence-corrected chi connectivity index (χ0v) is 28.6. The van der Waals surface area contributed by atoms with Gasteiger partial charge in [-0.15, -0.1) is 0 Å². The number of esters is 1. The van der Waals surface area contributed by atoms with E-state index < -0.39 is 6.09 Å². The predicted molar refractivity (Wildman–Crippen MR) is 192 cm³/mol. The Bertz CT molecular complexity index is 1660. The largest absolute Gasteiger partial charge is 0.466 e. The molecule has 16 heteroatoms. The summed E-state index contributed by atoms with van der Waals surface area (Å²) >= 11 is 0. The Kier molecular flexibility index (Phi) is 19.8. The summed E-state index contributed by atoms with van der Waals surface area (Å²) in [5.74, 6) is 0.620. The predicted octanol–water partition coefficient (Wildman–Crippen LogP) is 2.30. The van der Waals surface area contributed by atoms with Gasteiger partial charge in [0.05, 0.1) is 37.2 Å². The van der Waals surface area contributed by atoms with E-state index in [-0.39, 0.29) is 59.2 Å². The van der Waals surface area contributed by atoms with Crippen molar-refractivity contribution >= 4 is 46.3 Å². The van der Waals surface area contributed by atoms with Gasteiger partial charge in [-0.25, -0.2) is 14.8 Å². The molecule has 0 aliphatic heterocycles. The summed E-state index contributed by atoms with van der Waals surface area (Å²) in [6.07, 6.45) is 4.99. The number of aryl methyl sites for hydroxylation is 1. The second-order valence-corrected chi connectivity index (χ2v) is 10.6. The fourth-order valence-electron chi connectivity index (χ4n) is 4.79. The van der Waals surface area contributed by atoms with Crippen molar-refractivity contribution in [2.45, 2.75) is 52.5 Å². The van der Waals surface area contributed by atoms with Crippen molar-refractivity contribution in [3.8, 4) is 0 Å². The number of benzene rings is 2. The number of unbranched alkanes of at least 4 members (excludes halogenated alkanes) is 3. The number of amides is 2. The lowest BCUT2D eigenvalue weighted by Gasteiger charge is -2.21. The Balaban J connectivity index is 0.00000600. The van der Waals surface area contributed by atoms with Crippen molar-refractivity contribution in [2.24, 2.45) is 17.8 Å². The summed E-state index contributed by atoms with van der Waals surface area (Å²) in [7, 11) is 1.91. The van der Waals surface area contributed by atoms with Crippen molar-refractivity contribution in [1.82, 2.24) is 14.5 Å². The van der Waals surface area contributed by atoms with Crippen LogP contribution < -0.4 is 16.0 Å². The minimum absolute atomic E-state index is 0. The fraction of sp³-hybridized carbons (Fsp3) is 0.353. The summed E-state index contributed by atoms with van der Waals surface area (Å²) in [4.78, 5) is 52.0. The third kappa shape index (κ3) is 12.2. The standard InChI is InChI=1S/C34H41N7O5.4H2O/c1-4-6-7-10-21-46-34(44)39-32(35)24-12-15-26(16-13-24)37-23-30-38-27-22-25(14-17-28(27)40(30)3)33(43)41(20-18-31(42)45-5-2)29-11-8-9-19-36-29;;;;/h8-9,11-17,19,22,37H,4-7,10,18,20-21,23H2,1-3H3,(H2,35,39,44);4*1H2. The van der Waals surface area contributed by atoms with Crippen molar-refractivity contribution in [1.29, 1.82) is 0 Å². The summed E-state index contributed by atoms with van der Waals surface area (Å²) in [5.41, 5.74) is 9.40. The molecule has 0 saturated carbocycles. The molecule has 0 bridgehead atoms. The third-order valence-corrected chi connectivity index (χ3v) is 7.30. The van der Waals surface area contributed by atoms with E-state index in [2.05, 4.69) is 22.2 Å². The van der Waals surface area contributed by atoms with Gasteiger partial charge in [-0.05, 0) is 67.9 Å². The molecule has 274 valence electrons. The molecule has 0 spiro atoms. The summed E-state index contributed by atoms with van der Waals surface area (Å²) in [6.45, 7) is 5.02. The molecule has 2 aromatic heterocycles. The molecular formula is C34H49N7O9. The number of anilines is 2. The van der Waals surface area contributed by atoms with Gasteiger partial charge in [0.1, 0.15) is 17.5 Å². The van der Waals surface area contributed by atoms with E-state index in [0.717, 1.165) is 42.7 Å². The highest BCUT2D eigenvalue weighted by atomic mass is 16.5. The lowest BCUT2D eigenvalue weighted by atomic mass is 10.1. The SMILES string of the molecule is CCCCCCOC(=O)/N=C(\N)c1ccc(NCc2nc3cc(C(=O)N(CCC(=O)OCC)c4ccccn4)ccc3n2C)cc1.O.O.O.O. The van der Waals surface area contributed by atoms with Crippen molar-refractivity contribution < 1.29 is 45.8 Å². The van der Waals surface area contributed by atoms with Crippen LogP contribution in [0.5, 0.6) is 0 Å². The van der Waals surface area contributed by atoms with E-state index in [4.69, 9.17) is 20.2 Å². The molecule has 50 heavy (non-hydrogen) atoms. The minimum atomic E-state index is -0.691. The highest BCUT2D eigenvalue weighted by Gasteiger charge is 2.21. The number of nitrogens with zero attached hydrogens (tertiary/aromatic N) is 5. The van der Waals surface area contributed by atoms with Crippen LogP contribution in [-0.4, -0.2) is 80.0 Å². The summed E-state index contributed by atoms with van der Waals surface area (Å²) < 4.78 is 12.1. The van der Waals surface area contributed by atoms with Crippen molar-refractivity contribution in [3.63, 3.8) is 0 Å². The summed E-state index contributed by atoms with van der Waals surface area (Å²) in [6, 6.07) is 17.9. The van der Waals surface area contributed by atoms with Gasteiger partial charge in [-0.1, -0.05) is 32.3 Å². The average molecular weight is 700 g/mol. The number of carbonyl (C=O) groups is 3. The molecule has 0 fully saturated rings. The Hall–Kier alpha value is -5.42. The van der Waals surface area contributed by atoms with E-state index in [1.54, 1.807) is 55.6 Å². The number of rotatable bonds is 15. The Morgan fingerprint density at radius 1 is 0.920 bits per heavy atom. The van der Waals surface area contributed by atoms with Gasteiger partial charge in [-0.3, -0.25) is 14.5 Å². The van der Waals surface area contributed by atoms with Crippen LogP contribution in [0, 0.1) is 0 Å². The van der Waals surface area contributed by atoms with Crippen molar-refractivity contribution in [2.75, 3.05) is 30.0 Å². The molecule has 2 amide bonds. The second-order valence-electron chi connectivity index (χ2n) is 10.6. The first-order valence-electron chi connectivity index (χ1n) is 15.5. The van der Waals surface area contributed by atoms with Gasteiger partial charge in [0, 0.05) is 36.6 Å². The van der Waals surface area contributed by atoms with E-state index in [1.165, 1.54) is 4.90 Å². The zero-order chi connectivity index (χ0) is 32.9. The van der Waals surface area contributed by atoms with Gasteiger partial charge < -0.3 is 47.0 Å². The number of fused-ring (bicyclic) bond motifs is 1. The molecule has 0 aliphatic rings. The van der Waals surface area contributed by atoms with Gasteiger partial charge in [0.25, 0.3) is 5.91 Å². The second kappa shape index (κ2) is 22.3. The number of nitrogens with one attached hydrogen (secondary N) is 1. The van der Waals surface area contributed by atoms with Crippen LogP contribution in [0.1, 0.15) is 67.7 Å². The first-order valence-corrected chi connectivity index (χ1v) is 15.5. The molecule has 16 nitrogen and oxygen atoms in total. The smallest absolute Gasteiger partial charge is 0.435 e. The molecule has 0 unspecified atom stereocenters. The normalized spacial score (nSPS) is 10.4. The quantitative estimate of drug-likeness (QED) is 0.0795. The first-order chi connectivity index (χ1) is 22.3. The first kappa shape index (κ1) is 44.6.